The van der Waals surface area contributed by atoms with Crippen molar-refractivity contribution in [1.82, 2.24) is 4.90 Å². The highest BCUT2D eigenvalue weighted by Crippen LogP contribution is 2.52. The normalized spacial score (nSPS) is 32.7. The van der Waals surface area contributed by atoms with E-state index in [1.807, 2.05) is 0 Å². The number of hydrogen-bond donors (Lipinski definition) is 2. The Morgan fingerprint density at radius 3 is 2.89 bits per heavy atom. The van der Waals surface area contributed by atoms with Crippen molar-refractivity contribution in [3.8, 4) is 11.5 Å². The fraction of sp³-hybridized carbons (Fsp3) is 0.500. The van der Waals surface area contributed by atoms with Crippen molar-refractivity contribution in [1.29, 1.82) is 0 Å². The SMILES string of the molecule is Oc1cc2c(cc1O)[C@@H]1C=CC[C@@]13CCCN3CC2. The maximum absolute atomic E-state index is 9.84. The van der Waals surface area contributed by atoms with Gasteiger partial charge in [0.2, 0.25) is 0 Å². The summed E-state index contributed by atoms with van der Waals surface area (Å²) in [4.78, 5) is 2.63. The van der Waals surface area contributed by atoms with E-state index in [1.54, 1.807) is 12.1 Å². The Bertz CT molecular complexity index is 566. The zero-order valence-corrected chi connectivity index (χ0v) is 11.0. The number of benzene rings is 1. The van der Waals surface area contributed by atoms with Crippen molar-refractivity contribution >= 4 is 0 Å². The lowest BCUT2D eigenvalue weighted by Gasteiger charge is -2.39. The quantitative estimate of drug-likeness (QED) is 0.554. The predicted molar refractivity (Wildman–Crippen MR) is 73.5 cm³/mol. The molecule has 3 nitrogen and oxygen atoms in total. The van der Waals surface area contributed by atoms with E-state index in [-0.39, 0.29) is 17.0 Å². The van der Waals surface area contributed by atoms with Gasteiger partial charge in [0, 0.05) is 18.0 Å². The molecule has 2 heterocycles. The lowest BCUT2D eigenvalue weighted by Crippen LogP contribution is -2.45. The molecule has 0 amide bonds. The summed E-state index contributed by atoms with van der Waals surface area (Å²) < 4.78 is 0. The largest absolute Gasteiger partial charge is 0.504 e. The smallest absolute Gasteiger partial charge is 0.157 e. The Balaban J connectivity index is 1.90. The van der Waals surface area contributed by atoms with E-state index >= 15 is 0 Å². The highest BCUT2D eigenvalue weighted by atomic mass is 16.3. The molecule has 2 N–H and O–H groups in total. The van der Waals surface area contributed by atoms with Crippen LogP contribution >= 0.6 is 0 Å². The second kappa shape index (κ2) is 3.76. The first-order chi connectivity index (χ1) is 9.21. The Hall–Kier alpha value is -1.48. The van der Waals surface area contributed by atoms with Crippen molar-refractivity contribution in [3.05, 3.63) is 35.4 Å². The molecule has 0 unspecified atom stereocenters. The van der Waals surface area contributed by atoms with Crippen molar-refractivity contribution in [3.63, 3.8) is 0 Å². The van der Waals surface area contributed by atoms with Crippen LogP contribution in [0.2, 0.25) is 0 Å². The molecule has 0 aromatic heterocycles. The third-order valence-corrected chi connectivity index (χ3v) is 5.27. The van der Waals surface area contributed by atoms with Crippen LogP contribution in [0.15, 0.2) is 24.3 Å². The van der Waals surface area contributed by atoms with Crippen molar-refractivity contribution in [2.75, 3.05) is 13.1 Å². The van der Waals surface area contributed by atoms with Gasteiger partial charge in [0.05, 0.1) is 0 Å². The van der Waals surface area contributed by atoms with Crippen LogP contribution in [0, 0.1) is 0 Å². The summed E-state index contributed by atoms with van der Waals surface area (Å²) in [6.07, 6.45) is 9.21. The van der Waals surface area contributed by atoms with Gasteiger partial charge in [0.1, 0.15) is 0 Å². The van der Waals surface area contributed by atoms with Crippen LogP contribution in [0.3, 0.4) is 0 Å². The molecular formula is C16H19NO2. The Labute approximate surface area is 113 Å². The summed E-state index contributed by atoms with van der Waals surface area (Å²) in [5.41, 5.74) is 2.66. The van der Waals surface area contributed by atoms with Crippen molar-refractivity contribution in [2.24, 2.45) is 0 Å². The molecule has 0 saturated carbocycles. The van der Waals surface area contributed by atoms with Gasteiger partial charge in [-0.25, -0.2) is 0 Å². The third kappa shape index (κ3) is 1.42. The summed E-state index contributed by atoms with van der Waals surface area (Å²) in [6.45, 7) is 2.25. The van der Waals surface area contributed by atoms with Gasteiger partial charge in [-0.05, 0) is 55.5 Å². The van der Waals surface area contributed by atoms with Crippen LogP contribution in [0.5, 0.6) is 11.5 Å². The molecule has 1 saturated heterocycles. The maximum Gasteiger partial charge on any atom is 0.157 e. The number of fused-ring (bicyclic) bond motifs is 2. The van der Waals surface area contributed by atoms with Crippen molar-refractivity contribution < 1.29 is 10.2 Å². The van der Waals surface area contributed by atoms with Crippen LogP contribution in [0.25, 0.3) is 0 Å². The minimum Gasteiger partial charge on any atom is -0.504 e. The van der Waals surface area contributed by atoms with Gasteiger partial charge >= 0.3 is 0 Å². The van der Waals surface area contributed by atoms with Gasteiger partial charge in [-0.2, -0.15) is 0 Å². The average Bonchev–Trinajstić information content (AvgIpc) is 2.97. The van der Waals surface area contributed by atoms with E-state index in [2.05, 4.69) is 17.1 Å². The first-order valence-corrected chi connectivity index (χ1v) is 7.17. The van der Waals surface area contributed by atoms with Gasteiger partial charge in [-0.1, -0.05) is 12.2 Å². The van der Waals surface area contributed by atoms with Gasteiger partial charge in [0.25, 0.3) is 0 Å². The first-order valence-electron chi connectivity index (χ1n) is 7.17. The van der Waals surface area contributed by atoms with E-state index in [1.165, 1.54) is 30.5 Å². The molecule has 1 aromatic rings. The molecule has 0 bridgehead atoms. The molecule has 1 spiro atoms. The second-order valence-electron chi connectivity index (χ2n) is 6.09. The Morgan fingerprint density at radius 2 is 2.00 bits per heavy atom. The molecule has 0 radical (unpaired) electrons. The topological polar surface area (TPSA) is 43.7 Å². The van der Waals surface area contributed by atoms with Gasteiger partial charge < -0.3 is 10.2 Å². The molecule has 3 heteroatoms. The van der Waals surface area contributed by atoms with Gasteiger partial charge in [-0.15, -0.1) is 0 Å². The minimum atomic E-state index is 0.0110. The summed E-state index contributed by atoms with van der Waals surface area (Å²) in [6, 6.07) is 3.54. The van der Waals surface area contributed by atoms with E-state index in [4.69, 9.17) is 0 Å². The highest BCUT2D eigenvalue weighted by Gasteiger charge is 2.49. The highest BCUT2D eigenvalue weighted by molar-refractivity contribution is 5.51. The monoisotopic (exact) mass is 257 g/mol. The number of phenols is 2. The molecule has 2 atom stereocenters. The van der Waals surface area contributed by atoms with Crippen LogP contribution < -0.4 is 0 Å². The molecule has 1 fully saturated rings. The predicted octanol–water partition coefficient (Wildman–Crippen LogP) is 2.53. The number of rotatable bonds is 0. The zero-order chi connectivity index (χ0) is 13.0. The van der Waals surface area contributed by atoms with E-state index < -0.39 is 0 Å². The molecule has 3 aliphatic rings. The minimum absolute atomic E-state index is 0.0110. The molecular weight excluding hydrogens is 238 g/mol. The number of nitrogens with zero attached hydrogens (tertiary/aromatic N) is 1. The lowest BCUT2D eigenvalue weighted by molar-refractivity contribution is 0.140. The standard InChI is InChI=1S/C16H19NO2/c18-14-9-11-4-8-17-7-2-6-16(17)5-1-3-13(16)12(11)10-15(14)19/h1,3,9-10,13,18-19H,2,4-8H2/t13-,16+/m0/s1. The van der Waals surface area contributed by atoms with Crippen LogP contribution in [0.4, 0.5) is 0 Å². The Morgan fingerprint density at radius 1 is 1.16 bits per heavy atom. The van der Waals surface area contributed by atoms with E-state index in [0.29, 0.717) is 5.92 Å². The number of hydrogen-bond acceptors (Lipinski definition) is 3. The molecule has 4 rings (SSSR count). The zero-order valence-electron chi connectivity index (χ0n) is 11.0. The fourth-order valence-electron chi connectivity index (χ4n) is 4.38. The lowest BCUT2D eigenvalue weighted by atomic mass is 9.79. The van der Waals surface area contributed by atoms with Crippen molar-refractivity contribution in [2.45, 2.75) is 37.1 Å². The van der Waals surface area contributed by atoms with E-state index in [0.717, 1.165) is 19.4 Å². The Kier molecular flexibility index (Phi) is 2.25. The van der Waals surface area contributed by atoms with Crippen LogP contribution in [-0.2, 0) is 6.42 Å². The summed E-state index contributed by atoms with van der Waals surface area (Å²) in [7, 11) is 0. The summed E-state index contributed by atoms with van der Waals surface area (Å²) >= 11 is 0. The summed E-state index contributed by atoms with van der Waals surface area (Å²) in [5.74, 6) is 0.400. The first kappa shape index (κ1) is 11.4. The van der Waals surface area contributed by atoms with Crippen LogP contribution in [0.1, 0.15) is 36.3 Å². The molecule has 2 aliphatic heterocycles. The average molecular weight is 257 g/mol. The third-order valence-electron chi connectivity index (χ3n) is 5.27. The second-order valence-corrected chi connectivity index (χ2v) is 6.09. The van der Waals surface area contributed by atoms with Crippen LogP contribution in [-0.4, -0.2) is 33.7 Å². The van der Waals surface area contributed by atoms with E-state index in [9.17, 15) is 10.2 Å². The van der Waals surface area contributed by atoms with Gasteiger partial charge in [-0.3, -0.25) is 4.90 Å². The molecule has 100 valence electrons. The maximum atomic E-state index is 9.84. The fourth-order valence-corrected chi connectivity index (χ4v) is 4.38. The molecule has 1 aliphatic carbocycles. The molecule has 1 aromatic carbocycles. The number of aromatic hydroxyl groups is 2. The van der Waals surface area contributed by atoms with Gasteiger partial charge in [0.15, 0.2) is 11.5 Å². The number of phenolic OH excluding ortho intramolecular Hbond substituents is 2. The summed E-state index contributed by atoms with van der Waals surface area (Å²) in [5, 5.41) is 19.6. The molecule has 19 heavy (non-hydrogen) atoms.